The van der Waals surface area contributed by atoms with Gasteiger partial charge in [0.2, 0.25) is 4.38 Å². The van der Waals surface area contributed by atoms with Crippen molar-refractivity contribution in [3.8, 4) is 0 Å². The van der Waals surface area contributed by atoms with Gasteiger partial charge in [-0.25, -0.2) is 0 Å². The lowest BCUT2D eigenvalue weighted by Crippen LogP contribution is -2.19. The summed E-state index contributed by atoms with van der Waals surface area (Å²) < 4.78 is 6.33. The standard InChI is InChI=1S/C9H12OS2/c1-12-9(11)10-8-5-6-2-3-7(8)4-6/h2-3,6-8H,4-5H2,1H3/t6-,7+,8-/m0/s1. The summed E-state index contributed by atoms with van der Waals surface area (Å²) in [6.07, 6.45) is 9.38. The lowest BCUT2D eigenvalue weighted by Gasteiger charge is -2.19. The maximum Gasteiger partial charge on any atom is 0.219 e. The molecule has 1 nitrogen and oxygen atoms in total. The van der Waals surface area contributed by atoms with Crippen LogP contribution in [0.2, 0.25) is 0 Å². The highest BCUT2D eigenvalue weighted by atomic mass is 32.2. The Bertz CT molecular complexity index is 225. The van der Waals surface area contributed by atoms with Crippen molar-refractivity contribution in [1.82, 2.24) is 0 Å². The first-order chi connectivity index (χ1) is 5.79. The van der Waals surface area contributed by atoms with Gasteiger partial charge in [0.05, 0.1) is 0 Å². The molecule has 66 valence electrons. The van der Waals surface area contributed by atoms with Crippen LogP contribution in [0.3, 0.4) is 0 Å². The van der Waals surface area contributed by atoms with Gasteiger partial charge in [0.15, 0.2) is 0 Å². The minimum atomic E-state index is 0.375. The summed E-state index contributed by atoms with van der Waals surface area (Å²) in [4.78, 5) is 0. The lowest BCUT2D eigenvalue weighted by molar-refractivity contribution is 0.173. The molecule has 2 aliphatic rings. The van der Waals surface area contributed by atoms with Crippen molar-refractivity contribution in [2.24, 2.45) is 11.8 Å². The van der Waals surface area contributed by atoms with E-state index in [1.165, 1.54) is 24.6 Å². The molecule has 12 heavy (non-hydrogen) atoms. The molecule has 3 atom stereocenters. The summed E-state index contributed by atoms with van der Waals surface area (Å²) in [7, 11) is 0. The fraction of sp³-hybridized carbons (Fsp3) is 0.667. The van der Waals surface area contributed by atoms with Gasteiger partial charge < -0.3 is 4.74 Å². The second-order valence-electron chi connectivity index (χ2n) is 3.39. The summed E-state index contributed by atoms with van der Waals surface area (Å²) in [6, 6.07) is 0. The molecule has 3 heteroatoms. The Labute approximate surface area is 82.6 Å². The first-order valence-electron chi connectivity index (χ1n) is 4.22. The van der Waals surface area contributed by atoms with Gasteiger partial charge in [-0.2, -0.15) is 0 Å². The van der Waals surface area contributed by atoms with Crippen molar-refractivity contribution in [3.05, 3.63) is 12.2 Å². The third kappa shape index (κ3) is 1.52. The molecule has 0 unspecified atom stereocenters. The normalized spacial score (nSPS) is 37.2. The summed E-state index contributed by atoms with van der Waals surface area (Å²) in [5.74, 6) is 1.41. The molecular weight excluding hydrogens is 188 g/mol. The summed E-state index contributed by atoms with van der Waals surface area (Å²) in [6.45, 7) is 0. The maximum atomic E-state index is 5.64. The zero-order valence-corrected chi connectivity index (χ0v) is 8.66. The molecular formula is C9H12OS2. The number of hydrogen-bond donors (Lipinski definition) is 0. The zero-order chi connectivity index (χ0) is 8.55. The van der Waals surface area contributed by atoms with Gasteiger partial charge in [0.25, 0.3) is 0 Å². The van der Waals surface area contributed by atoms with Gasteiger partial charge in [-0.3, -0.25) is 0 Å². The van der Waals surface area contributed by atoms with E-state index in [-0.39, 0.29) is 0 Å². The van der Waals surface area contributed by atoms with Crippen molar-refractivity contribution >= 4 is 28.4 Å². The van der Waals surface area contributed by atoms with Crippen LogP contribution in [0.25, 0.3) is 0 Å². The molecule has 1 fully saturated rings. The molecule has 0 heterocycles. The second-order valence-corrected chi connectivity index (χ2v) is 4.80. The Balaban J connectivity index is 1.91. The Morgan fingerprint density at radius 1 is 1.50 bits per heavy atom. The predicted octanol–water partition coefficient (Wildman–Crippen LogP) is 2.62. The molecule has 0 aromatic rings. The molecule has 2 bridgehead atoms. The molecule has 2 aliphatic carbocycles. The van der Waals surface area contributed by atoms with Crippen molar-refractivity contribution in [1.29, 1.82) is 0 Å². The van der Waals surface area contributed by atoms with Crippen molar-refractivity contribution < 1.29 is 4.74 Å². The minimum absolute atomic E-state index is 0.375. The highest BCUT2D eigenvalue weighted by Crippen LogP contribution is 2.41. The molecule has 1 saturated carbocycles. The largest absolute Gasteiger partial charge is 0.475 e. The van der Waals surface area contributed by atoms with Crippen LogP contribution < -0.4 is 0 Å². The number of ether oxygens (including phenoxy) is 1. The Morgan fingerprint density at radius 3 is 2.83 bits per heavy atom. The summed E-state index contributed by atoms with van der Waals surface area (Å²) >= 11 is 6.55. The smallest absolute Gasteiger partial charge is 0.219 e. The Hall–Kier alpha value is -0.0200. The summed E-state index contributed by atoms with van der Waals surface area (Å²) in [5.41, 5.74) is 0. The third-order valence-corrected chi connectivity index (χ3v) is 3.66. The molecule has 0 spiro atoms. The first-order valence-corrected chi connectivity index (χ1v) is 5.86. The molecule has 0 radical (unpaired) electrons. The molecule has 0 saturated heterocycles. The quantitative estimate of drug-likeness (QED) is 0.475. The molecule has 0 N–H and O–H groups in total. The first kappa shape index (κ1) is 8.57. The van der Waals surface area contributed by atoms with Crippen LogP contribution in [0.15, 0.2) is 12.2 Å². The van der Waals surface area contributed by atoms with Crippen molar-refractivity contribution in [2.45, 2.75) is 18.9 Å². The average molecular weight is 200 g/mol. The van der Waals surface area contributed by atoms with Gasteiger partial charge in [-0.15, -0.1) is 0 Å². The fourth-order valence-electron chi connectivity index (χ4n) is 2.04. The van der Waals surface area contributed by atoms with E-state index in [4.69, 9.17) is 17.0 Å². The lowest BCUT2D eigenvalue weighted by atomic mass is 10.1. The number of thiocarbonyl (C=S) groups is 1. The van der Waals surface area contributed by atoms with Gasteiger partial charge in [-0.05, 0) is 37.2 Å². The summed E-state index contributed by atoms with van der Waals surface area (Å²) in [5, 5.41) is 0. The van der Waals surface area contributed by atoms with Crippen molar-refractivity contribution in [3.63, 3.8) is 0 Å². The number of hydrogen-bond acceptors (Lipinski definition) is 3. The topological polar surface area (TPSA) is 9.23 Å². The van der Waals surface area contributed by atoms with E-state index in [9.17, 15) is 0 Å². The van der Waals surface area contributed by atoms with Crippen LogP contribution in [0.5, 0.6) is 0 Å². The van der Waals surface area contributed by atoms with Crippen LogP contribution >= 0.6 is 24.0 Å². The van der Waals surface area contributed by atoms with Crippen LogP contribution in [0.4, 0.5) is 0 Å². The van der Waals surface area contributed by atoms with Crippen LogP contribution in [0, 0.1) is 11.8 Å². The van der Waals surface area contributed by atoms with Gasteiger partial charge >= 0.3 is 0 Å². The number of fused-ring (bicyclic) bond motifs is 2. The average Bonchev–Trinajstić information content (AvgIpc) is 2.64. The highest BCUT2D eigenvalue weighted by molar-refractivity contribution is 8.22. The van der Waals surface area contributed by atoms with E-state index in [0.717, 1.165) is 5.92 Å². The highest BCUT2D eigenvalue weighted by Gasteiger charge is 2.37. The third-order valence-electron chi connectivity index (χ3n) is 2.63. The Kier molecular flexibility index (Phi) is 2.42. The van der Waals surface area contributed by atoms with E-state index < -0.39 is 0 Å². The Morgan fingerprint density at radius 2 is 2.33 bits per heavy atom. The zero-order valence-electron chi connectivity index (χ0n) is 7.03. The van der Waals surface area contributed by atoms with Crippen molar-refractivity contribution in [2.75, 3.05) is 6.26 Å². The van der Waals surface area contributed by atoms with Crippen LogP contribution in [-0.2, 0) is 4.74 Å². The minimum Gasteiger partial charge on any atom is -0.475 e. The van der Waals surface area contributed by atoms with E-state index in [1.807, 2.05) is 6.26 Å². The van der Waals surface area contributed by atoms with Gasteiger partial charge in [0, 0.05) is 5.92 Å². The van der Waals surface area contributed by atoms with Crippen LogP contribution in [-0.4, -0.2) is 16.7 Å². The molecule has 0 aliphatic heterocycles. The number of rotatable bonds is 1. The van der Waals surface area contributed by atoms with E-state index in [2.05, 4.69) is 12.2 Å². The van der Waals surface area contributed by atoms with Gasteiger partial charge in [-0.1, -0.05) is 23.9 Å². The predicted molar refractivity (Wildman–Crippen MR) is 56.3 cm³/mol. The number of thioether (sulfide) groups is 1. The van der Waals surface area contributed by atoms with Gasteiger partial charge in [0.1, 0.15) is 6.10 Å². The van der Waals surface area contributed by atoms with E-state index in [1.54, 1.807) is 0 Å². The SMILES string of the molecule is CSC(=S)O[C@H]1C[C@H]2C=C[C@@H]1C2. The second kappa shape index (κ2) is 3.38. The van der Waals surface area contributed by atoms with E-state index in [0.29, 0.717) is 16.4 Å². The monoisotopic (exact) mass is 200 g/mol. The molecule has 0 aromatic carbocycles. The number of allylic oxidation sites excluding steroid dienone is 1. The molecule has 0 amide bonds. The van der Waals surface area contributed by atoms with Crippen LogP contribution in [0.1, 0.15) is 12.8 Å². The maximum absolute atomic E-state index is 5.64. The molecule has 0 aromatic heterocycles. The molecule has 2 rings (SSSR count). The fourth-order valence-corrected chi connectivity index (χ4v) is 2.38. The van der Waals surface area contributed by atoms with E-state index >= 15 is 0 Å².